The van der Waals surface area contributed by atoms with Crippen LogP contribution in [0, 0.1) is 6.92 Å². The van der Waals surface area contributed by atoms with Gasteiger partial charge in [0.05, 0.1) is 0 Å². The summed E-state index contributed by atoms with van der Waals surface area (Å²) in [5, 5.41) is 2.93. The summed E-state index contributed by atoms with van der Waals surface area (Å²) in [5.74, 6) is 0. The van der Waals surface area contributed by atoms with Gasteiger partial charge >= 0.3 is 0 Å². The fourth-order valence-corrected chi connectivity index (χ4v) is 0.494. The van der Waals surface area contributed by atoms with Crippen LogP contribution < -0.4 is 5.32 Å². The van der Waals surface area contributed by atoms with Crippen molar-refractivity contribution in [2.45, 2.75) is 0 Å². The molecule has 0 aliphatic carbocycles. The maximum absolute atomic E-state index is 3.73. The summed E-state index contributed by atoms with van der Waals surface area (Å²) < 4.78 is 0. The minimum absolute atomic E-state index is 0.995. The van der Waals surface area contributed by atoms with Crippen LogP contribution in [0.15, 0.2) is 36.2 Å². The van der Waals surface area contributed by atoms with Gasteiger partial charge in [-0.15, -0.1) is 0 Å². The van der Waals surface area contributed by atoms with E-state index in [9.17, 15) is 0 Å². The van der Waals surface area contributed by atoms with Crippen LogP contribution in [-0.2, 0) is 0 Å². The second-order valence-corrected chi connectivity index (χ2v) is 1.60. The number of allylic oxidation sites excluding steroid dienone is 4. The maximum Gasteiger partial charge on any atom is 0.00369 e. The van der Waals surface area contributed by atoms with Crippen molar-refractivity contribution < 1.29 is 0 Å². The molecule has 41 valence electrons. The molecule has 0 fully saturated rings. The van der Waals surface area contributed by atoms with Crippen LogP contribution in [0.4, 0.5) is 0 Å². The molecule has 0 saturated carbocycles. The number of hydrogen-bond donors (Lipinski definition) is 1. The Morgan fingerprint density at radius 3 is 3.12 bits per heavy atom. The molecule has 0 amide bonds. The highest BCUT2D eigenvalue weighted by Crippen LogP contribution is 1.94. The molecule has 1 aliphatic rings. The molecular weight excluding hydrogens is 98.1 g/mol. The Morgan fingerprint density at radius 1 is 1.38 bits per heavy atom. The molecule has 8 heavy (non-hydrogen) atoms. The summed E-state index contributed by atoms with van der Waals surface area (Å²) in [7, 11) is 0. The third-order valence-electron chi connectivity index (χ3n) is 0.883. The summed E-state index contributed by atoms with van der Waals surface area (Å²) in [6.45, 7) is 3.73. The molecule has 1 rings (SSSR count). The average molecular weight is 106 g/mol. The summed E-state index contributed by atoms with van der Waals surface area (Å²) in [6, 6.07) is 0. The van der Waals surface area contributed by atoms with E-state index in [1.165, 1.54) is 0 Å². The lowest BCUT2D eigenvalue weighted by Gasteiger charge is -1.86. The molecule has 0 aromatic heterocycles. The van der Waals surface area contributed by atoms with Crippen LogP contribution in [0.2, 0.25) is 0 Å². The quantitative estimate of drug-likeness (QED) is 0.492. The van der Waals surface area contributed by atoms with E-state index in [1.807, 2.05) is 30.6 Å². The van der Waals surface area contributed by atoms with Crippen molar-refractivity contribution in [3.05, 3.63) is 43.1 Å². The number of hydrogen-bond acceptors (Lipinski definition) is 1. The number of nitrogens with one attached hydrogen (secondary N) is 1. The van der Waals surface area contributed by atoms with Crippen LogP contribution >= 0.6 is 0 Å². The second-order valence-electron chi connectivity index (χ2n) is 1.60. The zero-order valence-corrected chi connectivity index (χ0v) is 4.59. The van der Waals surface area contributed by atoms with Gasteiger partial charge in [0.1, 0.15) is 0 Å². The average Bonchev–Trinajstić information content (AvgIpc) is 1.94. The standard InChI is InChI=1S/C7H8N/c1-7-4-2-3-5-8-6-7/h2-6,8H,1H2. The van der Waals surface area contributed by atoms with Crippen LogP contribution in [0.25, 0.3) is 0 Å². The molecule has 0 spiro atoms. The zero-order chi connectivity index (χ0) is 5.82. The minimum atomic E-state index is 0.995. The Balaban J connectivity index is 2.69. The molecule has 0 aromatic rings. The molecule has 0 unspecified atom stereocenters. The van der Waals surface area contributed by atoms with E-state index in [1.54, 1.807) is 0 Å². The largest absolute Gasteiger partial charge is 0.367 e. The van der Waals surface area contributed by atoms with Crippen molar-refractivity contribution in [2.75, 3.05) is 0 Å². The normalized spacial score (nSPS) is 16.9. The van der Waals surface area contributed by atoms with Crippen LogP contribution in [0.3, 0.4) is 0 Å². The Labute approximate surface area is 49.4 Å². The fourth-order valence-electron chi connectivity index (χ4n) is 0.494. The van der Waals surface area contributed by atoms with Crippen molar-refractivity contribution in [2.24, 2.45) is 0 Å². The molecule has 0 atom stereocenters. The van der Waals surface area contributed by atoms with Gasteiger partial charge in [0.2, 0.25) is 0 Å². The molecule has 1 radical (unpaired) electrons. The van der Waals surface area contributed by atoms with Crippen LogP contribution in [0.1, 0.15) is 0 Å². The van der Waals surface area contributed by atoms with E-state index in [-0.39, 0.29) is 0 Å². The third kappa shape index (κ3) is 1.26. The lowest BCUT2D eigenvalue weighted by atomic mass is 10.3. The highest BCUT2D eigenvalue weighted by Gasteiger charge is 1.79. The first-order valence-electron chi connectivity index (χ1n) is 2.51. The lowest BCUT2D eigenvalue weighted by molar-refractivity contribution is 1.19. The van der Waals surface area contributed by atoms with Gasteiger partial charge in [-0.25, -0.2) is 0 Å². The van der Waals surface area contributed by atoms with Gasteiger partial charge in [0.15, 0.2) is 0 Å². The topological polar surface area (TPSA) is 12.0 Å². The van der Waals surface area contributed by atoms with E-state index in [4.69, 9.17) is 0 Å². The lowest BCUT2D eigenvalue weighted by Crippen LogP contribution is -1.90. The third-order valence-corrected chi connectivity index (χ3v) is 0.883. The van der Waals surface area contributed by atoms with Crippen molar-refractivity contribution in [1.29, 1.82) is 0 Å². The van der Waals surface area contributed by atoms with E-state index in [0.717, 1.165) is 5.57 Å². The summed E-state index contributed by atoms with van der Waals surface area (Å²) in [4.78, 5) is 0. The predicted molar refractivity (Wildman–Crippen MR) is 34.9 cm³/mol. The maximum atomic E-state index is 3.73. The Kier molecular flexibility index (Phi) is 1.52. The highest BCUT2D eigenvalue weighted by atomic mass is 14.8. The fraction of sp³-hybridized carbons (Fsp3) is 0. The second kappa shape index (κ2) is 2.36. The smallest absolute Gasteiger partial charge is 0.00369 e. The summed E-state index contributed by atoms with van der Waals surface area (Å²) >= 11 is 0. The van der Waals surface area contributed by atoms with Gasteiger partial charge in [0.25, 0.3) is 0 Å². The number of rotatable bonds is 0. The molecule has 1 heteroatoms. The molecule has 1 N–H and O–H groups in total. The van der Waals surface area contributed by atoms with Crippen LogP contribution in [-0.4, -0.2) is 0 Å². The first-order chi connectivity index (χ1) is 3.89. The van der Waals surface area contributed by atoms with Gasteiger partial charge < -0.3 is 5.32 Å². The van der Waals surface area contributed by atoms with E-state index >= 15 is 0 Å². The monoisotopic (exact) mass is 106 g/mol. The van der Waals surface area contributed by atoms with Crippen molar-refractivity contribution >= 4 is 0 Å². The summed E-state index contributed by atoms with van der Waals surface area (Å²) in [5.41, 5.74) is 0.995. The molecule has 1 nitrogen and oxygen atoms in total. The highest BCUT2D eigenvalue weighted by molar-refractivity contribution is 5.26. The zero-order valence-electron chi connectivity index (χ0n) is 4.59. The molecule has 0 saturated heterocycles. The van der Waals surface area contributed by atoms with E-state index < -0.39 is 0 Å². The molecular formula is C7H8N. The van der Waals surface area contributed by atoms with Gasteiger partial charge in [-0.3, -0.25) is 0 Å². The van der Waals surface area contributed by atoms with Crippen molar-refractivity contribution in [3.63, 3.8) is 0 Å². The first kappa shape index (κ1) is 5.16. The van der Waals surface area contributed by atoms with Gasteiger partial charge in [-0.05, 0) is 18.6 Å². The SMILES string of the molecule is [CH2]C1=CNC=CC=C1. The molecule has 1 aliphatic heterocycles. The van der Waals surface area contributed by atoms with Crippen molar-refractivity contribution in [3.8, 4) is 0 Å². The predicted octanol–water partition coefficient (Wildman–Crippen LogP) is 1.38. The Hall–Kier alpha value is -0.980. The Morgan fingerprint density at radius 2 is 2.25 bits per heavy atom. The van der Waals surface area contributed by atoms with Gasteiger partial charge in [-0.1, -0.05) is 12.2 Å². The van der Waals surface area contributed by atoms with E-state index in [2.05, 4.69) is 12.2 Å². The van der Waals surface area contributed by atoms with Gasteiger partial charge in [0, 0.05) is 12.4 Å². The molecule has 0 bridgehead atoms. The molecule has 0 aromatic carbocycles. The summed E-state index contributed by atoms with van der Waals surface area (Å²) in [6.07, 6.45) is 9.51. The first-order valence-corrected chi connectivity index (χ1v) is 2.51. The van der Waals surface area contributed by atoms with Crippen LogP contribution in [0.5, 0.6) is 0 Å². The van der Waals surface area contributed by atoms with Crippen molar-refractivity contribution in [1.82, 2.24) is 5.32 Å². The minimum Gasteiger partial charge on any atom is -0.367 e. The van der Waals surface area contributed by atoms with E-state index in [0.29, 0.717) is 0 Å². The molecule has 1 heterocycles. The van der Waals surface area contributed by atoms with Gasteiger partial charge in [-0.2, -0.15) is 0 Å². The Bertz CT molecular complexity index is 149.